The van der Waals surface area contributed by atoms with Crippen LogP contribution in [-0.4, -0.2) is 9.97 Å². The standard InChI is InChI=1S/C11H10N4S/c1-8(9-2-3-16-7-9)15-11-6-13-10(4-12)5-14-11/h2-3,5-8H,1H3,(H,14,15). The van der Waals surface area contributed by atoms with E-state index in [2.05, 4.69) is 33.7 Å². The summed E-state index contributed by atoms with van der Waals surface area (Å²) >= 11 is 1.67. The molecule has 0 aromatic carbocycles. The van der Waals surface area contributed by atoms with Crippen LogP contribution in [0.4, 0.5) is 5.82 Å². The summed E-state index contributed by atoms with van der Waals surface area (Å²) in [7, 11) is 0. The summed E-state index contributed by atoms with van der Waals surface area (Å²) in [5.74, 6) is 0.678. The summed E-state index contributed by atoms with van der Waals surface area (Å²) in [6.07, 6.45) is 3.03. The molecule has 80 valence electrons. The van der Waals surface area contributed by atoms with E-state index in [-0.39, 0.29) is 6.04 Å². The van der Waals surface area contributed by atoms with Crippen molar-refractivity contribution in [3.05, 3.63) is 40.5 Å². The van der Waals surface area contributed by atoms with E-state index in [0.29, 0.717) is 11.5 Å². The van der Waals surface area contributed by atoms with Crippen LogP contribution >= 0.6 is 11.3 Å². The maximum atomic E-state index is 8.59. The Balaban J connectivity index is 2.07. The van der Waals surface area contributed by atoms with Gasteiger partial charge >= 0.3 is 0 Å². The molecule has 2 rings (SSSR count). The van der Waals surface area contributed by atoms with Crippen LogP contribution < -0.4 is 5.32 Å². The van der Waals surface area contributed by atoms with Gasteiger partial charge in [-0.05, 0) is 29.3 Å². The Labute approximate surface area is 97.6 Å². The second-order valence-corrected chi connectivity index (χ2v) is 4.10. The molecule has 2 heterocycles. The molecule has 0 saturated carbocycles. The van der Waals surface area contributed by atoms with Gasteiger partial charge in [0.1, 0.15) is 11.9 Å². The van der Waals surface area contributed by atoms with E-state index < -0.39 is 0 Å². The van der Waals surface area contributed by atoms with Crippen LogP contribution in [-0.2, 0) is 0 Å². The molecule has 0 spiro atoms. The minimum atomic E-state index is 0.188. The van der Waals surface area contributed by atoms with Crippen molar-refractivity contribution in [3.8, 4) is 6.07 Å². The van der Waals surface area contributed by atoms with Gasteiger partial charge in [0, 0.05) is 0 Å². The van der Waals surface area contributed by atoms with Crippen molar-refractivity contribution in [1.82, 2.24) is 9.97 Å². The molecule has 16 heavy (non-hydrogen) atoms. The van der Waals surface area contributed by atoms with Crippen LogP contribution in [0.15, 0.2) is 29.2 Å². The quantitative estimate of drug-likeness (QED) is 0.880. The predicted octanol–water partition coefficient (Wildman–Crippen LogP) is 2.58. The molecular formula is C11H10N4S. The zero-order chi connectivity index (χ0) is 11.4. The molecule has 1 N–H and O–H groups in total. The van der Waals surface area contributed by atoms with Crippen LogP contribution in [0.5, 0.6) is 0 Å². The second kappa shape index (κ2) is 4.73. The van der Waals surface area contributed by atoms with Crippen molar-refractivity contribution in [2.75, 3.05) is 5.32 Å². The monoisotopic (exact) mass is 230 g/mol. The predicted molar refractivity (Wildman–Crippen MR) is 63.1 cm³/mol. The van der Waals surface area contributed by atoms with E-state index in [1.54, 1.807) is 17.5 Å². The molecule has 1 unspecified atom stereocenters. The minimum absolute atomic E-state index is 0.188. The summed E-state index contributed by atoms with van der Waals surface area (Å²) in [5, 5.41) is 15.9. The Morgan fingerprint density at radius 3 is 2.88 bits per heavy atom. The fourth-order valence-electron chi connectivity index (χ4n) is 1.29. The summed E-state index contributed by atoms with van der Waals surface area (Å²) in [6, 6.07) is 4.19. The molecule has 0 radical (unpaired) electrons. The maximum Gasteiger partial charge on any atom is 0.158 e. The Morgan fingerprint density at radius 2 is 2.31 bits per heavy atom. The molecule has 0 aliphatic carbocycles. The molecular weight excluding hydrogens is 220 g/mol. The van der Waals surface area contributed by atoms with Crippen molar-refractivity contribution in [2.24, 2.45) is 0 Å². The van der Waals surface area contributed by atoms with E-state index in [1.165, 1.54) is 11.8 Å². The van der Waals surface area contributed by atoms with Gasteiger partial charge < -0.3 is 5.32 Å². The molecule has 2 aromatic rings. The molecule has 2 aromatic heterocycles. The van der Waals surface area contributed by atoms with Gasteiger partial charge in [-0.2, -0.15) is 16.6 Å². The summed E-state index contributed by atoms with van der Waals surface area (Å²) in [5.41, 5.74) is 1.55. The van der Waals surface area contributed by atoms with Gasteiger partial charge in [0.25, 0.3) is 0 Å². The molecule has 5 heteroatoms. The number of aromatic nitrogens is 2. The fraction of sp³-hybridized carbons (Fsp3) is 0.182. The first-order valence-electron chi connectivity index (χ1n) is 4.80. The lowest BCUT2D eigenvalue weighted by Crippen LogP contribution is -2.07. The van der Waals surface area contributed by atoms with Crippen LogP contribution in [0.1, 0.15) is 24.2 Å². The van der Waals surface area contributed by atoms with Gasteiger partial charge in [-0.15, -0.1) is 0 Å². The van der Waals surface area contributed by atoms with Crippen molar-refractivity contribution in [2.45, 2.75) is 13.0 Å². The molecule has 0 fully saturated rings. The van der Waals surface area contributed by atoms with Crippen molar-refractivity contribution < 1.29 is 0 Å². The minimum Gasteiger partial charge on any atom is -0.362 e. The largest absolute Gasteiger partial charge is 0.362 e. The first-order valence-corrected chi connectivity index (χ1v) is 5.74. The second-order valence-electron chi connectivity index (χ2n) is 3.32. The van der Waals surface area contributed by atoms with Crippen LogP contribution in [0.3, 0.4) is 0 Å². The number of hydrogen-bond donors (Lipinski definition) is 1. The highest BCUT2D eigenvalue weighted by molar-refractivity contribution is 7.07. The Morgan fingerprint density at radius 1 is 1.44 bits per heavy atom. The third-order valence-corrected chi connectivity index (χ3v) is 2.88. The number of nitrogens with one attached hydrogen (secondary N) is 1. The van der Waals surface area contributed by atoms with E-state index in [4.69, 9.17) is 5.26 Å². The molecule has 0 bridgehead atoms. The summed E-state index contributed by atoms with van der Waals surface area (Å²) in [6.45, 7) is 2.06. The van der Waals surface area contributed by atoms with Gasteiger partial charge in [0.15, 0.2) is 5.69 Å². The molecule has 0 aliphatic heterocycles. The lowest BCUT2D eigenvalue weighted by atomic mass is 10.2. The van der Waals surface area contributed by atoms with Crippen molar-refractivity contribution in [1.29, 1.82) is 5.26 Å². The van der Waals surface area contributed by atoms with Gasteiger partial charge in [-0.1, -0.05) is 0 Å². The van der Waals surface area contributed by atoms with Gasteiger partial charge in [-0.25, -0.2) is 9.97 Å². The maximum absolute atomic E-state index is 8.59. The summed E-state index contributed by atoms with van der Waals surface area (Å²) < 4.78 is 0. The first kappa shape index (κ1) is 10.6. The Hall–Kier alpha value is -1.93. The van der Waals surface area contributed by atoms with Crippen LogP contribution in [0.25, 0.3) is 0 Å². The number of rotatable bonds is 3. The fourth-order valence-corrected chi connectivity index (χ4v) is 2.04. The number of hydrogen-bond acceptors (Lipinski definition) is 5. The molecule has 4 nitrogen and oxygen atoms in total. The SMILES string of the molecule is CC(Nc1cnc(C#N)cn1)c1ccsc1. The highest BCUT2D eigenvalue weighted by atomic mass is 32.1. The Bertz CT molecular complexity index is 484. The van der Waals surface area contributed by atoms with E-state index in [1.807, 2.05) is 11.4 Å². The smallest absolute Gasteiger partial charge is 0.158 e. The molecule has 0 aliphatic rings. The van der Waals surface area contributed by atoms with Crippen molar-refractivity contribution >= 4 is 17.2 Å². The van der Waals surface area contributed by atoms with E-state index >= 15 is 0 Å². The normalized spacial score (nSPS) is 11.8. The van der Waals surface area contributed by atoms with E-state index in [0.717, 1.165) is 0 Å². The number of nitrogens with zero attached hydrogens (tertiary/aromatic N) is 3. The first-order chi connectivity index (χ1) is 7.79. The number of anilines is 1. The number of nitriles is 1. The lowest BCUT2D eigenvalue weighted by molar-refractivity contribution is 0.876. The lowest BCUT2D eigenvalue weighted by Gasteiger charge is -2.12. The topological polar surface area (TPSA) is 61.6 Å². The zero-order valence-electron chi connectivity index (χ0n) is 8.71. The third-order valence-electron chi connectivity index (χ3n) is 2.17. The van der Waals surface area contributed by atoms with Crippen LogP contribution in [0, 0.1) is 11.3 Å². The van der Waals surface area contributed by atoms with Gasteiger partial charge in [0.2, 0.25) is 0 Å². The molecule has 0 amide bonds. The number of thiophene rings is 1. The van der Waals surface area contributed by atoms with E-state index in [9.17, 15) is 0 Å². The Kier molecular flexibility index (Phi) is 3.13. The molecule has 0 saturated heterocycles. The average Bonchev–Trinajstić information content (AvgIpc) is 2.83. The third kappa shape index (κ3) is 2.35. The van der Waals surface area contributed by atoms with Gasteiger partial charge in [-0.3, -0.25) is 0 Å². The van der Waals surface area contributed by atoms with Gasteiger partial charge in [0.05, 0.1) is 18.4 Å². The highest BCUT2D eigenvalue weighted by Gasteiger charge is 2.06. The molecule has 1 atom stereocenters. The zero-order valence-corrected chi connectivity index (χ0v) is 9.53. The summed E-state index contributed by atoms with van der Waals surface area (Å²) in [4.78, 5) is 8.05. The highest BCUT2D eigenvalue weighted by Crippen LogP contribution is 2.19. The van der Waals surface area contributed by atoms with Crippen molar-refractivity contribution in [3.63, 3.8) is 0 Å². The average molecular weight is 230 g/mol. The van der Waals surface area contributed by atoms with Crippen LogP contribution in [0.2, 0.25) is 0 Å².